The lowest BCUT2D eigenvalue weighted by Crippen LogP contribution is -2.04. The SMILES string of the molecule is Cc1ccc(C(=O)Cc2ccccc2Br)cc1C. The summed E-state index contributed by atoms with van der Waals surface area (Å²) in [6, 6.07) is 13.7. The maximum absolute atomic E-state index is 12.2. The Morgan fingerprint density at radius 1 is 1.06 bits per heavy atom. The third-order valence-electron chi connectivity index (χ3n) is 3.14. The van der Waals surface area contributed by atoms with E-state index in [-0.39, 0.29) is 5.78 Å². The first-order valence-electron chi connectivity index (χ1n) is 5.92. The molecule has 1 nitrogen and oxygen atoms in total. The van der Waals surface area contributed by atoms with E-state index in [4.69, 9.17) is 0 Å². The Balaban J connectivity index is 2.22. The van der Waals surface area contributed by atoms with E-state index < -0.39 is 0 Å². The van der Waals surface area contributed by atoms with Crippen LogP contribution in [0.25, 0.3) is 0 Å². The first-order chi connectivity index (χ1) is 8.58. The van der Waals surface area contributed by atoms with Gasteiger partial charge in [0.2, 0.25) is 0 Å². The van der Waals surface area contributed by atoms with Crippen LogP contribution in [0.15, 0.2) is 46.9 Å². The van der Waals surface area contributed by atoms with E-state index in [0.717, 1.165) is 21.2 Å². The number of halogens is 1. The first kappa shape index (κ1) is 13.0. The predicted molar refractivity (Wildman–Crippen MR) is 78.1 cm³/mol. The summed E-state index contributed by atoms with van der Waals surface area (Å²) in [6.45, 7) is 4.09. The van der Waals surface area contributed by atoms with Crippen molar-refractivity contribution in [1.82, 2.24) is 0 Å². The van der Waals surface area contributed by atoms with Gasteiger partial charge in [-0.2, -0.15) is 0 Å². The molecule has 2 aromatic carbocycles. The zero-order valence-corrected chi connectivity index (χ0v) is 12.1. The van der Waals surface area contributed by atoms with E-state index >= 15 is 0 Å². The van der Waals surface area contributed by atoms with Crippen LogP contribution < -0.4 is 0 Å². The molecule has 0 heterocycles. The lowest BCUT2D eigenvalue weighted by molar-refractivity contribution is 0.0992. The highest BCUT2D eigenvalue weighted by molar-refractivity contribution is 9.10. The number of hydrogen-bond donors (Lipinski definition) is 0. The van der Waals surface area contributed by atoms with Crippen molar-refractivity contribution in [2.75, 3.05) is 0 Å². The number of carbonyl (C=O) groups is 1. The second-order valence-electron chi connectivity index (χ2n) is 4.49. The molecule has 2 aromatic rings. The van der Waals surface area contributed by atoms with Gasteiger partial charge < -0.3 is 0 Å². The number of rotatable bonds is 3. The van der Waals surface area contributed by atoms with E-state index in [0.29, 0.717) is 6.42 Å². The van der Waals surface area contributed by atoms with Crippen molar-refractivity contribution in [1.29, 1.82) is 0 Å². The van der Waals surface area contributed by atoms with Crippen LogP contribution in [0, 0.1) is 13.8 Å². The Kier molecular flexibility index (Phi) is 3.97. The maximum Gasteiger partial charge on any atom is 0.167 e. The molecule has 0 atom stereocenters. The first-order valence-corrected chi connectivity index (χ1v) is 6.71. The van der Waals surface area contributed by atoms with Crippen LogP contribution in [0.4, 0.5) is 0 Å². The van der Waals surface area contributed by atoms with Crippen molar-refractivity contribution >= 4 is 21.7 Å². The quantitative estimate of drug-likeness (QED) is 0.763. The highest BCUT2D eigenvalue weighted by atomic mass is 79.9. The summed E-state index contributed by atoms with van der Waals surface area (Å²) in [4.78, 5) is 12.2. The Morgan fingerprint density at radius 3 is 2.44 bits per heavy atom. The minimum absolute atomic E-state index is 0.157. The van der Waals surface area contributed by atoms with Crippen LogP contribution >= 0.6 is 15.9 Å². The molecule has 2 rings (SSSR count). The summed E-state index contributed by atoms with van der Waals surface area (Å²) in [5.74, 6) is 0.157. The maximum atomic E-state index is 12.2. The van der Waals surface area contributed by atoms with Crippen molar-refractivity contribution < 1.29 is 4.79 Å². The van der Waals surface area contributed by atoms with Crippen LogP contribution in [0.2, 0.25) is 0 Å². The van der Waals surface area contributed by atoms with Gasteiger partial charge in [-0.25, -0.2) is 0 Å². The van der Waals surface area contributed by atoms with Crippen molar-refractivity contribution in [2.45, 2.75) is 20.3 Å². The Bertz CT molecular complexity index is 587. The summed E-state index contributed by atoms with van der Waals surface area (Å²) in [7, 11) is 0. The zero-order valence-electron chi connectivity index (χ0n) is 10.5. The lowest BCUT2D eigenvalue weighted by atomic mass is 9.99. The van der Waals surface area contributed by atoms with E-state index in [9.17, 15) is 4.79 Å². The van der Waals surface area contributed by atoms with Crippen molar-refractivity contribution in [3.63, 3.8) is 0 Å². The normalized spacial score (nSPS) is 10.4. The van der Waals surface area contributed by atoms with Gasteiger partial charge in [0.25, 0.3) is 0 Å². The molecule has 0 N–H and O–H groups in total. The fourth-order valence-electron chi connectivity index (χ4n) is 1.83. The molecular weight excluding hydrogens is 288 g/mol. The highest BCUT2D eigenvalue weighted by Gasteiger charge is 2.09. The van der Waals surface area contributed by atoms with Crippen LogP contribution in [0.5, 0.6) is 0 Å². The van der Waals surface area contributed by atoms with Crippen molar-refractivity contribution in [3.05, 3.63) is 69.2 Å². The average Bonchev–Trinajstić information content (AvgIpc) is 2.35. The summed E-state index contributed by atoms with van der Waals surface area (Å²) in [6.07, 6.45) is 0.434. The van der Waals surface area contributed by atoms with Gasteiger partial charge in [-0.05, 0) is 42.7 Å². The van der Waals surface area contributed by atoms with Crippen LogP contribution in [-0.2, 0) is 6.42 Å². The lowest BCUT2D eigenvalue weighted by Gasteiger charge is -2.06. The summed E-state index contributed by atoms with van der Waals surface area (Å²) in [5.41, 5.74) is 4.19. The average molecular weight is 303 g/mol. The molecule has 0 saturated carbocycles. The van der Waals surface area contributed by atoms with Gasteiger partial charge in [0, 0.05) is 16.5 Å². The molecule has 0 amide bonds. The van der Waals surface area contributed by atoms with Gasteiger partial charge in [-0.3, -0.25) is 4.79 Å². The molecule has 0 bridgehead atoms. The number of Topliss-reactive ketones (excluding diaryl/α,β-unsaturated/α-hetero) is 1. The van der Waals surface area contributed by atoms with Gasteiger partial charge in [0.1, 0.15) is 0 Å². The Labute approximate surface area is 116 Å². The van der Waals surface area contributed by atoms with Gasteiger partial charge in [0.05, 0.1) is 0 Å². The number of hydrogen-bond acceptors (Lipinski definition) is 1. The molecule has 0 spiro atoms. The molecular formula is C16H15BrO. The molecule has 0 aliphatic carbocycles. The molecule has 0 unspecified atom stereocenters. The van der Waals surface area contributed by atoms with Crippen LogP contribution in [0.1, 0.15) is 27.0 Å². The largest absolute Gasteiger partial charge is 0.294 e. The smallest absolute Gasteiger partial charge is 0.167 e. The minimum Gasteiger partial charge on any atom is -0.294 e. The standard InChI is InChI=1S/C16H15BrO/c1-11-7-8-14(9-12(11)2)16(18)10-13-5-3-4-6-15(13)17/h3-9H,10H2,1-2H3. The van der Waals surface area contributed by atoms with Crippen molar-refractivity contribution in [2.24, 2.45) is 0 Å². The molecule has 2 heteroatoms. The fourth-order valence-corrected chi connectivity index (χ4v) is 2.26. The van der Waals surface area contributed by atoms with E-state index in [1.54, 1.807) is 0 Å². The highest BCUT2D eigenvalue weighted by Crippen LogP contribution is 2.19. The van der Waals surface area contributed by atoms with Gasteiger partial charge in [-0.15, -0.1) is 0 Å². The number of ketones is 1. The number of benzene rings is 2. The van der Waals surface area contributed by atoms with Crippen LogP contribution in [0.3, 0.4) is 0 Å². The molecule has 0 aliphatic rings. The Morgan fingerprint density at radius 2 is 1.78 bits per heavy atom. The topological polar surface area (TPSA) is 17.1 Å². The second kappa shape index (κ2) is 5.49. The molecule has 0 saturated heterocycles. The summed E-state index contributed by atoms with van der Waals surface area (Å²) in [5, 5.41) is 0. The number of carbonyl (C=O) groups excluding carboxylic acids is 1. The second-order valence-corrected chi connectivity index (χ2v) is 5.34. The Hall–Kier alpha value is -1.41. The third-order valence-corrected chi connectivity index (χ3v) is 3.91. The molecule has 92 valence electrons. The zero-order chi connectivity index (χ0) is 13.1. The number of aryl methyl sites for hydroxylation is 2. The summed E-state index contributed by atoms with van der Waals surface area (Å²) < 4.78 is 0.988. The molecule has 0 aliphatic heterocycles. The minimum atomic E-state index is 0.157. The van der Waals surface area contributed by atoms with Gasteiger partial charge >= 0.3 is 0 Å². The molecule has 18 heavy (non-hydrogen) atoms. The fraction of sp³-hybridized carbons (Fsp3) is 0.188. The molecule has 0 fully saturated rings. The van der Waals surface area contributed by atoms with Gasteiger partial charge in [-0.1, -0.05) is 46.3 Å². The molecule has 0 aromatic heterocycles. The monoisotopic (exact) mass is 302 g/mol. The van der Waals surface area contributed by atoms with Crippen molar-refractivity contribution in [3.8, 4) is 0 Å². The molecule has 0 radical (unpaired) electrons. The van der Waals surface area contributed by atoms with E-state index in [2.05, 4.69) is 22.9 Å². The van der Waals surface area contributed by atoms with Gasteiger partial charge in [0.15, 0.2) is 5.78 Å². The van der Waals surface area contributed by atoms with E-state index in [1.165, 1.54) is 5.56 Å². The third kappa shape index (κ3) is 2.88. The van der Waals surface area contributed by atoms with Crippen LogP contribution in [-0.4, -0.2) is 5.78 Å². The van der Waals surface area contributed by atoms with E-state index in [1.807, 2.05) is 49.4 Å². The predicted octanol–water partition coefficient (Wildman–Crippen LogP) is 4.49. The summed E-state index contributed by atoms with van der Waals surface area (Å²) >= 11 is 3.47.